The molecule has 0 atom stereocenters. The molecule has 1 fully saturated rings. The van der Waals surface area contributed by atoms with E-state index in [1.54, 1.807) is 6.07 Å². The number of thiophene rings is 1. The number of hydrogen-bond donors (Lipinski definition) is 3. The van der Waals surface area contributed by atoms with Gasteiger partial charge in [0.1, 0.15) is 4.21 Å². The molecule has 9 heteroatoms. The Kier molecular flexibility index (Phi) is 5.56. The van der Waals surface area contributed by atoms with E-state index in [4.69, 9.17) is 10.9 Å². The van der Waals surface area contributed by atoms with Gasteiger partial charge in [-0.15, -0.1) is 23.7 Å². The van der Waals surface area contributed by atoms with Crippen LogP contribution in [0, 0.1) is 0 Å². The Morgan fingerprint density at radius 1 is 1.35 bits per heavy atom. The van der Waals surface area contributed by atoms with Crippen LogP contribution in [-0.2, 0) is 21.4 Å². The summed E-state index contributed by atoms with van der Waals surface area (Å²) in [6, 6.07) is 3.08. The van der Waals surface area contributed by atoms with Crippen LogP contribution in [0.5, 0.6) is 0 Å². The number of halogens is 1. The molecule has 0 spiro atoms. The van der Waals surface area contributed by atoms with E-state index in [1.807, 2.05) is 0 Å². The molecule has 1 saturated carbocycles. The summed E-state index contributed by atoms with van der Waals surface area (Å²) >= 11 is 1.05. The molecule has 6 nitrogen and oxygen atoms in total. The Hall–Kier alpha value is -0.670. The van der Waals surface area contributed by atoms with Gasteiger partial charge in [0.2, 0.25) is 15.9 Å². The van der Waals surface area contributed by atoms with E-state index in [0.717, 1.165) is 29.1 Å². The van der Waals surface area contributed by atoms with Crippen LogP contribution in [0.4, 0.5) is 0 Å². The highest BCUT2D eigenvalue weighted by Gasteiger charge is 2.36. The van der Waals surface area contributed by atoms with Crippen molar-refractivity contribution in [2.24, 2.45) is 10.9 Å². The Labute approximate surface area is 128 Å². The Morgan fingerprint density at radius 3 is 2.45 bits per heavy atom. The molecule has 114 valence electrons. The van der Waals surface area contributed by atoms with Crippen LogP contribution in [-0.4, -0.2) is 19.9 Å². The van der Waals surface area contributed by atoms with Gasteiger partial charge in [-0.25, -0.2) is 13.6 Å². The first kappa shape index (κ1) is 17.4. The van der Waals surface area contributed by atoms with Crippen molar-refractivity contribution in [1.29, 1.82) is 0 Å². The largest absolute Gasteiger partial charge is 0.350 e. The predicted octanol–water partition coefficient (Wildman–Crippen LogP) is 0.705. The first-order valence-electron chi connectivity index (χ1n) is 6.00. The zero-order valence-corrected chi connectivity index (χ0v) is 13.2. The van der Waals surface area contributed by atoms with Gasteiger partial charge in [-0.1, -0.05) is 12.8 Å². The third-order valence-electron chi connectivity index (χ3n) is 3.29. The topological polar surface area (TPSA) is 115 Å². The van der Waals surface area contributed by atoms with Crippen molar-refractivity contribution in [3.05, 3.63) is 17.0 Å². The molecule has 20 heavy (non-hydrogen) atoms. The number of nitrogens with one attached hydrogen (secondary N) is 1. The van der Waals surface area contributed by atoms with Gasteiger partial charge < -0.3 is 11.1 Å². The fourth-order valence-corrected chi connectivity index (χ4v) is 3.90. The van der Waals surface area contributed by atoms with Crippen molar-refractivity contribution in [2.45, 2.75) is 42.0 Å². The van der Waals surface area contributed by atoms with Gasteiger partial charge in [0.05, 0.1) is 12.1 Å². The van der Waals surface area contributed by atoms with Crippen LogP contribution in [0.25, 0.3) is 0 Å². The number of hydrogen-bond acceptors (Lipinski definition) is 5. The van der Waals surface area contributed by atoms with E-state index >= 15 is 0 Å². The van der Waals surface area contributed by atoms with E-state index in [0.29, 0.717) is 12.8 Å². The number of rotatable bonds is 4. The third-order valence-corrected chi connectivity index (χ3v) is 5.81. The molecule has 0 saturated heterocycles. The number of carbonyl (C=O) groups excluding carboxylic acids is 1. The van der Waals surface area contributed by atoms with Crippen molar-refractivity contribution >= 4 is 39.7 Å². The summed E-state index contributed by atoms with van der Waals surface area (Å²) in [4.78, 5) is 12.7. The second-order valence-corrected chi connectivity index (χ2v) is 7.77. The Morgan fingerprint density at radius 2 is 1.95 bits per heavy atom. The van der Waals surface area contributed by atoms with E-state index in [1.165, 1.54) is 6.07 Å². The molecule has 0 unspecified atom stereocenters. The van der Waals surface area contributed by atoms with Crippen molar-refractivity contribution in [1.82, 2.24) is 5.32 Å². The summed E-state index contributed by atoms with van der Waals surface area (Å²) in [6.07, 6.45) is 3.34. The molecule has 1 aliphatic rings. The maximum absolute atomic E-state index is 12.0. The maximum atomic E-state index is 12.0. The van der Waals surface area contributed by atoms with Crippen molar-refractivity contribution in [3.8, 4) is 0 Å². The quantitative estimate of drug-likeness (QED) is 0.749. The Bertz CT molecular complexity index is 579. The van der Waals surface area contributed by atoms with Gasteiger partial charge in [-0.2, -0.15) is 0 Å². The molecule has 0 aliphatic heterocycles. The van der Waals surface area contributed by atoms with Crippen molar-refractivity contribution < 1.29 is 13.2 Å². The highest BCUT2D eigenvalue weighted by Crippen LogP contribution is 2.27. The maximum Gasteiger partial charge on any atom is 0.247 e. The molecule has 2 rings (SSSR count). The molecule has 0 radical (unpaired) electrons. The molecule has 5 N–H and O–H groups in total. The van der Waals surface area contributed by atoms with Crippen LogP contribution in [0.1, 0.15) is 30.6 Å². The monoisotopic (exact) mass is 339 g/mol. The van der Waals surface area contributed by atoms with Crippen LogP contribution in [0.2, 0.25) is 0 Å². The van der Waals surface area contributed by atoms with Crippen LogP contribution < -0.4 is 16.2 Å². The summed E-state index contributed by atoms with van der Waals surface area (Å²) < 4.78 is 22.3. The molecule has 1 aromatic rings. The number of carbonyl (C=O) groups is 1. The number of sulfonamides is 1. The molecule has 1 aliphatic carbocycles. The van der Waals surface area contributed by atoms with Gasteiger partial charge in [-0.3, -0.25) is 4.79 Å². The van der Waals surface area contributed by atoms with E-state index in [9.17, 15) is 13.2 Å². The second-order valence-electron chi connectivity index (χ2n) is 4.81. The molecule has 0 aromatic carbocycles. The highest BCUT2D eigenvalue weighted by atomic mass is 35.5. The lowest BCUT2D eigenvalue weighted by molar-refractivity contribution is -0.126. The average Bonchev–Trinajstić information content (AvgIpc) is 2.94. The number of amides is 1. The fraction of sp³-hybridized carbons (Fsp3) is 0.545. The minimum Gasteiger partial charge on any atom is -0.350 e. The lowest BCUT2D eigenvalue weighted by atomic mass is 9.98. The zero-order chi connectivity index (χ0) is 14.1. The van der Waals surface area contributed by atoms with E-state index in [2.05, 4.69) is 5.32 Å². The summed E-state index contributed by atoms with van der Waals surface area (Å²) in [7, 11) is -3.67. The number of nitrogens with two attached hydrogens (primary N) is 2. The molecule has 0 bridgehead atoms. The molecule has 1 amide bonds. The van der Waals surface area contributed by atoms with Crippen LogP contribution >= 0.6 is 23.7 Å². The molecular weight excluding hydrogens is 322 g/mol. The normalized spacial score (nSPS) is 17.5. The fourth-order valence-electron chi connectivity index (χ4n) is 2.18. The van der Waals surface area contributed by atoms with Crippen molar-refractivity contribution in [3.63, 3.8) is 0 Å². The average molecular weight is 340 g/mol. The highest BCUT2D eigenvalue weighted by molar-refractivity contribution is 7.91. The SMILES string of the molecule is Cl.NC1(C(=O)NCc2ccc(S(N)(=O)=O)s2)CCCC1. The lowest BCUT2D eigenvalue weighted by Crippen LogP contribution is -2.51. The van der Waals surface area contributed by atoms with Crippen molar-refractivity contribution in [2.75, 3.05) is 0 Å². The first-order chi connectivity index (χ1) is 8.81. The van der Waals surface area contributed by atoms with E-state index in [-0.39, 0.29) is 29.1 Å². The summed E-state index contributed by atoms with van der Waals surface area (Å²) in [5, 5.41) is 7.78. The number of primary sulfonamides is 1. The summed E-state index contributed by atoms with van der Waals surface area (Å²) in [5.74, 6) is -0.171. The minimum absolute atomic E-state index is 0. The van der Waals surface area contributed by atoms with Crippen LogP contribution in [0.3, 0.4) is 0 Å². The minimum atomic E-state index is -3.67. The van der Waals surface area contributed by atoms with Gasteiger partial charge >= 0.3 is 0 Å². The lowest BCUT2D eigenvalue weighted by Gasteiger charge is -2.21. The van der Waals surface area contributed by atoms with Gasteiger partial charge in [0.15, 0.2) is 0 Å². The third kappa shape index (κ3) is 3.92. The van der Waals surface area contributed by atoms with Crippen LogP contribution in [0.15, 0.2) is 16.3 Å². The van der Waals surface area contributed by atoms with Gasteiger partial charge in [-0.05, 0) is 25.0 Å². The molecule has 1 aromatic heterocycles. The smallest absolute Gasteiger partial charge is 0.247 e. The first-order valence-corrected chi connectivity index (χ1v) is 8.36. The molecule has 1 heterocycles. The van der Waals surface area contributed by atoms with Gasteiger partial charge in [0, 0.05) is 4.88 Å². The predicted molar refractivity (Wildman–Crippen MR) is 80.2 cm³/mol. The summed E-state index contributed by atoms with van der Waals surface area (Å²) in [6.45, 7) is 0.276. The molecular formula is C11H18ClN3O3S2. The summed E-state index contributed by atoms with van der Waals surface area (Å²) in [5.41, 5.74) is 5.25. The Balaban J connectivity index is 0.00000200. The zero-order valence-electron chi connectivity index (χ0n) is 10.8. The standard InChI is InChI=1S/C11H17N3O3S2.ClH/c12-11(5-1-2-6-11)10(15)14-7-8-3-4-9(18-8)19(13,16)17;/h3-4H,1-2,5-7,12H2,(H,14,15)(H2,13,16,17);1H. The van der Waals surface area contributed by atoms with E-state index < -0.39 is 15.6 Å². The second kappa shape index (κ2) is 6.40. The van der Waals surface area contributed by atoms with Gasteiger partial charge in [0.25, 0.3) is 0 Å².